The third-order valence-electron chi connectivity index (χ3n) is 4.97. The van der Waals surface area contributed by atoms with Gasteiger partial charge >= 0.3 is 0 Å². The summed E-state index contributed by atoms with van der Waals surface area (Å²) in [7, 11) is 0. The molecule has 152 valence electrons. The largest absolute Gasteiger partial charge is 0.377 e. The lowest BCUT2D eigenvalue weighted by Crippen LogP contribution is -2.31. The fourth-order valence-electron chi connectivity index (χ4n) is 3.21. The van der Waals surface area contributed by atoms with Gasteiger partial charge in [-0.3, -0.25) is 0 Å². The van der Waals surface area contributed by atoms with Crippen molar-refractivity contribution in [3.8, 4) is 0 Å². The number of rotatable bonds is 7. The van der Waals surface area contributed by atoms with E-state index in [2.05, 4.69) is 0 Å². The van der Waals surface area contributed by atoms with E-state index in [0.29, 0.717) is 25.0 Å². The molecule has 1 fully saturated rings. The molecule has 2 aromatic carbocycles. The molecule has 3 nitrogen and oxygen atoms in total. The van der Waals surface area contributed by atoms with Crippen LogP contribution in [0.3, 0.4) is 0 Å². The summed E-state index contributed by atoms with van der Waals surface area (Å²) in [4.78, 5) is 0. The molecule has 1 saturated heterocycles. The Balaban J connectivity index is 1.55. The maximum Gasteiger partial charge on any atom is 0.164 e. The minimum Gasteiger partial charge on any atom is -0.377 e. The van der Waals surface area contributed by atoms with Crippen LogP contribution in [0, 0.1) is 24.4 Å². The van der Waals surface area contributed by atoms with Gasteiger partial charge in [-0.2, -0.15) is 0 Å². The SMILES string of the molecule is CCOCc1ccc(C2COC(CCc3ccc(C)c(F)c3)OC2)c(F)c1F. The van der Waals surface area contributed by atoms with Crippen LogP contribution in [0.4, 0.5) is 13.2 Å². The first-order chi connectivity index (χ1) is 13.5. The van der Waals surface area contributed by atoms with Gasteiger partial charge in [-0.15, -0.1) is 0 Å². The second-order valence-corrected chi connectivity index (χ2v) is 6.99. The molecule has 3 rings (SSSR count). The number of benzene rings is 2. The maximum absolute atomic E-state index is 14.4. The van der Waals surface area contributed by atoms with E-state index in [1.807, 2.05) is 6.07 Å². The minimum absolute atomic E-state index is 0.0406. The smallest absolute Gasteiger partial charge is 0.164 e. The molecule has 1 heterocycles. The summed E-state index contributed by atoms with van der Waals surface area (Å²) >= 11 is 0. The van der Waals surface area contributed by atoms with Crippen LogP contribution in [-0.4, -0.2) is 26.1 Å². The molecule has 0 bridgehead atoms. The van der Waals surface area contributed by atoms with Crippen LogP contribution < -0.4 is 0 Å². The molecule has 6 heteroatoms. The van der Waals surface area contributed by atoms with Crippen LogP contribution in [0.1, 0.15) is 41.5 Å². The topological polar surface area (TPSA) is 27.7 Å². The van der Waals surface area contributed by atoms with Gasteiger partial charge in [-0.05, 0) is 43.0 Å². The Morgan fingerprint density at radius 1 is 1.04 bits per heavy atom. The van der Waals surface area contributed by atoms with Crippen LogP contribution in [0.5, 0.6) is 0 Å². The lowest BCUT2D eigenvalue weighted by Gasteiger charge is -2.30. The maximum atomic E-state index is 14.4. The van der Waals surface area contributed by atoms with Crippen molar-refractivity contribution in [3.05, 3.63) is 70.0 Å². The molecule has 0 N–H and O–H groups in total. The van der Waals surface area contributed by atoms with E-state index >= 15 is 0 Å². The number of hydrogen-bond acceptors (Lipinski definition) is 3. The lowest BCUT2D eigenvalue weighted by atomic mass is 9.97. The van der Waals surface area contributed by atoms with Crippen molar-refractivity contribution >= 4 is 0 Å². The van der Waals surface area contributed by atoms with Crippen LogP contribution in [0.25, 0.3) is 0 Å². The third-order valence-corrected chi connectivity index (χ3v) is 4.97. The third kappa shape index (κ3) is 4.93. The fourth-order valence-corrected chi connectivity index (χ4v) is 3.21. The van der Waals surface area contributed by atoms with Gasteiger partial charge in [0.25, 0.3) is 0 Å². The Bertz CT molecular complexity index is 802. The van der Waals surface area contributed by atoms with Crippen LogP contribution in [-0.2, 0) is 27.2 Å². The highest BCUT2D eigenvalue weighted by Crippen LogP contribution is 2.28. The highest BCUT2D eigenvalue weighted by Gasteiger charge is 2.27. The molecule has 0 spiro atoms. The Morgan fingerprint density at radius 2 is 1.79 bits per heavy atom. The predicted octanol–water partition coefficient (Wildman–Crippen LogP) is 5.04. The zero-order valence-electron chi connectivity index (χ0n) is 16.1. The highest BCUT2D eigenvalue weighted by molar-refractivity contribution is 5.29. The zero-order chi connectivity index (χ0) is 20.1. The van der Waals surface area contributed by atoms with E-state index in [9.17, 15) is 13.2 Å². The average Bonchev–Trinajstić information content (AvgIpc) is 2.70. The summed E-state index contributed by atoms with van der Waals surface area (Å²) < 4.78 is 58.8. The number of ether oxygens (including phenoxy) is 3. The van der Waals surface area contributed by atoms with Gasteiger partial charge in [0.1, 0.15) is 5.82 Å². The molecule has 1 aliphatic rings. The monoisotopic (exact) mass is 394 g/mol. The summed E-state index contributed by atoms with van der Waals surface area (Å²) in [5.41, 5.74) is 1.93. The summed E-state index contributed by atoms with van der Waals surface area (Å²) in [5.74, 6) is -2.35. The quantitative estimate of drug-likeness (QED) is 0.659. The van der Waals surface area contributed by atoms with E-state index in [4.69, 9.17) is 14.2 Å². The highest BCUT2D eigenvalue weighted by atomic mass is 19.2. The van der Waals surface area contributed by atoms with Gasteiger partial charge in [0.05, 0.1) is 19.8 Å². The van der Waals surface area contributed by atoms with Crippen molar-refractivity contribution in [2.45, 2.75) is 45.5 Å². The second kappa shape index (κ2) is 9.54. The lowest BCUT2D eigenvalue weighted by molar-refractivity contribution is -0.189. The van der Waals surface area contributed by atoms with Crippen LogP contribution in [0.15, 0.2) is 30.3 Å². The van der Waals surface area contributed by atoms with Gasteiger partial charge in [0, 0.05) is 24.5 Å². The molecule has 0 atom stereocenters. The summed E-state index contributed by atoms with van der Waals surface area (Å²) in [6, 6.07) is 8.26. The van der Waals surface area contributed by atoms with E-state index in [-0.39, 0.29) is 42.7 Å². The number of halogens is 3. The van der Waals surface area contributed by atoms with Gasteiger partial charge in [-0.25, -0.2) is 13.2 Å². The van der Waals surface area contributed by atoms with E-state index < -0.39 is 17.9 Å². The van der Waals surface area contributed by atoms with Crippen molar-refractivity contribution in [1.82, 2.24) is 0 Å². The van der Waals surface area contributed by atoms with Gasteiger partial charge in [0.15, 0.2) is 17.9 Å². The summed E-state index contributed by atoms with van der Waals surface area (Å²) in [6.45, 7) is 4.48. The van der Waals surface area contributed by atoms with Crippen LogP contribution >= 0.6 is 0 Å². The Labute approximate surface area is 163 Å². The Hall–Kier alpha value is -1.89. The molecular weight excluding hydrogens is 369 g/mol. The molecule has 0 unspecified atom stereocenters. The second-order valence-electron chi connectivity index (χ2n) is 6.99. The normalized spacial score (nSPS) is 19.8. The van der Waals surface area contributed by atoms with E-state index in [1.165, 1.54) is 6.07 Å². The van der Waals surface area contributed by atoms with Crippen molar-refractivity contribution in [1.29, 1.82) is 0 Å². The van der Waals surface area contributed by atoms with Gasteiger partial charge in [-0.1, -0.05) is 24.3 Å². The zero-order valence-corrected chi connectivity index (χ0v) is 16.1. The molecule has 1 aliphatic heterocycles. The Morgan fingerprint density at radius 3 is 2.46 bits per heavy atom. The van der Waals surface area contributed by atoms with Crippen LogP contribution in [0.2, 0.25) is 0 Å². The average molecular weight is 394 g/mol. The van der Waals surface area contributed by atoms with Gasteiger partial charge in [0.2, 0.25) is 0 Å². The molecular formula is C22H25F3O3. The number of aryl methyl sites for hydroxylation is 2. The first kappa shape index (κ1) is 20.8. The molecule has 0 amide bonds. The first-order valence-electron chi connectivity index (χ1n) is 9.52. The van der Waals surface area contributed by atoms with Gasteiger partial charge < -0.3 is 14.2 Å². The molecule has 0 saturated carbocycles. The molecule has 0 aliphatic carbocycles. The summed E-state index contributed by atoms with van der Waals surface area (Å²) in [5, 5.41) is 0. The van der Waals surface area contributed by atoms with Crippen molar-refractivity contribution < 1.29 is 27.4 Å². The predicted molar refractivity (Wildman–Crippen MR) is 99.6 cm³/mol. The number of hydrogen-bond donors (Lipinski definition) is 0. The van der Waals surface area contributed by atoms with Crippen molar-refractivity contribution in [3.63, 3.8) is 0 Å². The standard InChI is InChI=1S/C22H25F3O3/c1-3-26-11-16-7-8-18(22(25)21(16)24)17-12-27-20(28-13-17)9-6-15-5-4-14(2)19(23)10-15/h4-5,7-8,10,17,20H,3,6,9,11-13H2,1-2H3. The van der Waals surface area contributed by atoms with Crippen molar-refractivity contribution in [2.75, 3.05) is 19.8 Å². The Kier molecular flexibility index (Phi) is 7.10. The summed E-state index contributed by atoms with van der Waals surface area (Å²) in [6.07, 6.45) is 0.742. The fraction of sp³-hybridized carbons (Fsp3) is 0.455. The molecule has 28 heavy (non-hydrogen) atoms. The molecule has 0 radical (unpaired) electrons. The molecule has 2 aromatic rings. The van der Waals surface area contributed by atoms with E-state index in [0.717, 1.165) is 5.56 Å². The molecule has 0 aromatic heterocycles. The first-order valence-corrected chi connectivity index (χ1v) is 9.52. The van der Waals surface area contributed by atoms with E-state index in [1.54, 1.807) is 32.0 Å². The minimum atomic E-state index is -0.880. The van der Waals surface area contributed by atoms with Crippen molar-refractivity contribution in [2.24, 2.45) is 0 Å².